The molecule has 8 nitrogen and oxygen atoms in total. The fourth-order valence-electron chi connectivity index (χ4n) is 3.81. The van der Waals surface area contributed by atoms with Gasteiger partial charge in [-0.3, -0.25) is 9.59 Å². The number of hydrogen-bond acceptors (Lipinski definition) is 6. The number of rotatable bonds is 6. The minimum atomic E-state index is -4.56. The van der Waals surface area contributed by atoms with Gasteiger partial charge in [0.1, 0.15) is 22.9 Å². The number of hydrogen-bond donors (Lipinski definition) is 2. The highest BCUT2D eigenvalue weighted by Crippen LogP contribution is 2.33. The molecule has 0 bridgehead atoms. The maximum atomic E-state index is 14.5. The van der Waals surface area contributed by atoms with Gasteiger partial charge in [0.2, 0.25) is 5.88 Å². The summed E-state index contributed by atoms with van der Waals surface area (Å²) in [5, 5.41) is 0. The molecule has 2 heterocycles. The lowest BCUT2D eigenvalue weighted by molar-refractivity contribution is 0.0978. The number of amides is 1. The fourth-order valence-corrected chi connectivity index (χ4v) is 4.83. The molecular weight excluding hydrogens is 504 g/mol. The lowest BCUT2D eigenvalue weighted by Gasteiger charge is -2.16. The second kappa shape index (κ2) is 9.94. The third-order valence-electron chi connectivity index (χ3n) is 5.41. The molecule has 190 valence electrons. The van der Waals surface area contributed by atoms with E-state index < -0.39 is 38.0 Å². The van der Waals surface area contributed by atoms with Crippen molar-refractivity contribution < 1.29 is 26.7 Å². The van der Waals surface area contributed by atoms with Gasteiger partial charge in [-0.05, 0) is 74.4 Å². The number of halogens is 2. The summed E-state index contributed by atoms with van der Waals surface area (Å²) in [7, 11) is -4.56. The van der Waals surface area contributed by atoms with Gasteiger partial charge in [0.25, 0.3) is 21.5 Å². The Morgan fingerprint density at radius 2 is 1.70 bits per heavy atom. The smallest absolute Gasteiger partial charge is 0.270 e. The van der Waals surface area contributed by atoms with Gasteiger partial charge < -0.3 is 9.72 Å². The first kappa shape index (κ1) is 25.7. The topological polar surface area (TPSA) is 118 Å². The van der Waals surface area contributed by atoms with Gasteiger partial charge in [-0.25, -0.2) is 26.9 Å². The molecule has 0 fully saturated rings. The van der Waals surface area contributed by atoms with Crippen molar-refractivity contribution in [3.63, 3.8) is 0 Å². The van der Waals surface area contributed by atoms with Crippen molar-refractivity contribution in [1.82, 2.24) is 14.7 Å². The zero-order valence-electron chi connectivity index (χ0n) is 19.9. The molecule has 37 heavy (non-hydrogen) atoms. The van der Waals surface area contributed by atoms with Crippen LogP contribution in [-0.4, -0.2) is 24.3 Å². The van der Waals surface area contributed by atoms with Gasteiger partial charge >= 0.3 is 0 Å². The molecule has 0 atom stereocenters. The van der Waals surface area contributed by atoms with Crippen LogP contribution >= 0.6 is 0 Å². The average Bonchev–Trinajstić information content (AvgIpc) is 2.82. The largest absolute Gasteiger partial charge is 0.438 e. The lowest BCUT2D eigenvalue weighted by Crippen LogP contribution is -2.34. The Morgan fingerprint density at radius 3 is 2.38 bits per heavy atom. The number of nitrogens with one attached hydrogen (secondary N) is 2. The van der Waals surface area contributed by atoms with Crippen molar-refractivity contribution in [1.29, 1.82) is 0 Å². The monoisotopic (exact) mass is 525 g/mol. The van der Waals surface area contributed by atoms with Crippen molar-refractivity contribution in [2.24, 2.45) is 0 Å². The number of carbonyl (C=O) groups excluding carboxylic acids is 1. The van der Waals surface area contributed by atoms with Crippen LogP contribution < -0.4 is 15.0 Å². The molecule has 0 saturated heterocycles. The van der Waals surface area contributed by atoms with E-state index in [1.165, 1.54) is 24.4 Å². The second-order valence-electron chi connectivity index (χ2n) is 8.30. The minimum absolute atomic E-state index is 0.0478. The summed E-state index contributed by atoms with van der Waals surface area (Å²) < 4.78 is 61.5. The highest BCUT2D eigenvalue weighted by Gasteiger charge is 2.26. The molecule has 4 rings (SSSR count). The molecule has 4 aromatic rings. The quantitative estimate of drug-likeness (QED) is 0.381. The molecule has 0 radical (unpaired) electrons. The number of aromatic amines is 1. The van der Waals surface area contributed by atoms with Crippen molar-refractivity contribution in [3.05, 3.63) is 105 Å². The number of pyridine rings is 2. The van der Waals surface area contributed by atoms with Gasteiger partial charge in [-0.15, -0.1) is 0 Å². The van der Waals surface area contributed by atoms with Gasteiger partial charge in [0, 0.05) is 11.8 Å². The SMILES string of the molecule is Cc1cc(C)c(Oc2nc(-c3cc(F)ccc3F)ccc2C(=O)NS(=O)(=O)c2ccc[nH]c2=O)c(C)c1. The van der Waals surface area contributed by atoms with Crippen LogP contribution in [0.4, 0.5) is 8.78 Å². The molecule has 0 aliphatic heterocycles. The Kier molecular flexibility index (Phi) is 6.90. The number of benzene rings is 2. The molecule has 0 spiro atoms. The summed E-state index contributed by atoms with van der Waals surface area (Å²) >= 11 is 0. The van der Waals surface area contributed by atoms with Crippen LogP contribution in [0.5, 0.6) is 11.6 Å². The zero-order valence-corrected chi connectivity index (χ0v) is 20.7. The number of ether oxygens (including phenoxy) is 1. The van der Waals surface area contributed by atoms with E-state index in [1.807, 2.05) is 23.8 Å². The minimum Gasteiger partial charge on any atom is -0.438 e. The highest BCUT2D eigenvalue weighted by molar-refractivity contribution is 7.90. The summed E-state index contributed by atoms with van der Waals surface area (Å²) in [5.74, 6) is -2.59. The zero-order chi connectivity index (χ0) is 26.9. The first-order valence-corrected chi connectivity index (χ1v) is 12.4. The molecule has 2 N–H and O–H groups in total. The first-order valence-electron chi connectivity index (χ1n) is 10.9. The normalized spacial score (nSPS) is 11.3. The number of carbonyl (C=O) groups is 1. The standard InChI is InChI=1S/C26H21F2N3O5S/c1-14-11-15(2)23(16(3)12-14)36-26-18(7-9-21(30-26)19-13-17(27)6-8-20(19)28)24(32)31-37(34,35)22-5-4-10-29-25(22)33/h4-13H,1-3H3,(H,29,33)(H,31,32). The molecule has 0 aliphatic carbocycles. The average molecular weight is 526 g/mol. The predicted octanol–water partition coefficient (Wildman–Crippen LogP) is 4.55. The van der Waals surface area contributed by atoms with E-state index in [4.69, 9.17) is 4.74 Å². The third kappa shape index (κ3) is 5.41. The van der Waals surface area contributed by atoms with Crippen LogP contribution in [0, 0.1) is 32.4 Å². The maximum Gasteiger partial charge on any atom is 0.270 e. The third-order valence-corrected chi connectivity index (χ3v) is 6.77. The summed E-state index contributed by atoms with van der Waals surface area (Å²) in [6.45, 7) is 5.44. The molecular formula is C26H21F2N3O5S. The van der Waals surface area contributed by atoms with Gasteiger partial charge in [-0.2, -0.15) is 0 Å². The highest BCUT2D eigenvalue weighted by atomic mass is 32.2. The second-order valence-corrected chi connectivity index (χ2v) is 9.95. The van der Waals surface area contributed by atoms with Crippen LogP contribution in [0.15, 0.2) is 70.5 Å². The van der Waals surface area contributed by atoms with Crippen LogP contribution in [0.25, 0.3) is 11.3 Å². The Balaban J connectivity index is 1.82. The Labute approximate surface area is 211 Å². The Hall–Kier alpha value is -4.38. The fraction of sp³-hybridized carbons (Fsp3) is 0.115. The van der Waals surface area contributed by atoms with E-state index in [0.717, 1.165) is 29.8 Å². The summed E-state index contributed by atoms with van der Waals surface area (Å²) in [5.41, 5.74) is 0.915. The Bertz CT molecular complexity index is 1680. The number of aryl methyl sites for hydroxylation is 3. The van der Waals surface area contributed by atoms with Crippen LogP contribution in [0.2, 0.25) is 0 Å². The van der Waals surface area contributed by atoms with E-state index in [0.29, 0.717) is 16.9 Å². The van der Waals surface area contributed by atoms with Crippen molar-refractivity contribution in [3.8, 4) is 22.9 Å². The van der Waals surface area contributed by atoms with E-state index in [1.54, 1.807) is 13.8 Å². The molecule has 0 unspecified atom stereocenters. The summed E-state index contributed by atoms with van der Waals surface area (Å²) in [6, 6.07) is 11.3. The summed E-state index contributed by atoms with van der Waals surface area (Å²) in [6.07, 6.45) is 1.25. The van der Waals surface area contributed by atoms with Gasteiger partial charge in [0.15, 0.2) is 4.90 Å². The molecule has 1 amide bonds. The van der Waals surface area contributed by atoms with Gasteiger partial charge in [0.05, 0.1) is 5.69 Å². The van der Waals surface area contributed by atoms with Gasteiger partial charge in [-0.1, -0.05) is 17.7 Å². The van der Waals surface area contributed by atoms with E-state index in [2.05, 4.69) is 9.97 Å². The molecule has 2 aromatic heterocycles. The van der Waals surface area contributed by atoms with E-state index in [-0.39, 0.29) is 22.7 Å². The summed E-state index contributed by atoms with van der Waals surface area (Å²) in [4.78, 5) is 30.9. The van der Waals surface area contributed by atoms with Crippen LogP contribution in [-0.2, 0) is 10.0 Å². The van der Waals surface area contributed by atoms with Crippen molar-refractivity contribution in [2.45, 2.75) is 25.7 Å². The van der Waals surface area contributed by atoms with Crippen LogP contribution in [0.1, 0.15) is 27.0 Å². The van der Waals surface area contributed by atoms with Crippen LogP contribution in [0.3, 0.4) is 0 Å². The number of nitrogens with zero attached hydrogens (tertiary/aromatic N) is 1. The first-order chi connectivity index (χ1) is 17.5. The lowest BCUT2D eigenvalue weighted by atomic mass is 10.1. The molecule has 0 aliphatic rings. The number of aromatic nitrogens is 2. The molecule has 2 aromatic carbocycles. The number of sulfonamides is 1. The maximum absolute atomic E-state index is 14.5. The molecule has 11 heteroatoms. The predicted molar refractivity (Wildman–Crippen MR) is 132 cm³/mol. The van der Waals surface area contributed by atoms with Crippen molar-refractivity contribution >= 4 is 15.9 Å². The Morgan fingerprint density at radius 1 is 1.00 bits per heavy atom. The van der Waals surface area contributed by atoms with E-state index in [9.17, 15) is 26.8 Å². The molecule has 0 saturated carbocycles. The number of H-pyrrole nitrogens is 1. The van der Waals surface area contributed by atoms with Crippen molar-refractivity contribution in [2.75, 3.05) is 0 Å². The van der Waals surface area contributed by atoms with E-state index >= 15 is 0 Å².